The number of benzene rings is 15. The molecule has 0 aliphatic rings. The van der Waals surface area contributed by atoms with Gasteiger partial charge in [-0.3, -0.25) is 9.78 Å². The SMILES string of the molecule is CC(=[OH+])C=C(C)O.Cc1ccc2ccc3nc(-c4[c-]cccc4)ccc3c2c1.[Ir].[Ir].[Ir].[Ir].[c-]1ccccc1-c1cc2c(ccc3c4ccccc4ccc23)cn1.[c-]1ccccc1-c1cc2ccc3c4ccccc4ccc3c2cn1.[c-]1ccccc1-c1nccc2c1ccc1c3ccccc3ccc21. The second-order valence-corrected chi connectivity index (χ2v) is 24.8. The number of nitrogens with zero attached hydrogens (tertiary/aromatic N) is 4. The summed E-state index contributed by atoms with van der Waals surface area (Å²) in [4.78, 5) is 27.1. The average molecular weight is 2050 g/mol. The molecule has 0 amide bonds. The van der Waals surface area contributed by atoms with E-state index in [9.17, 15) is 0 Å². The van der Waals surface area contributed by atoms with E-state index in [1.807, 2.05) is 104 Å². The molecule has 4 radical (unpaired) electrons. The van der Waals surface area contributed by atoms with Crippen LogP contribution in [0.4, 0.5) is 0 Å². The second kappa shape index (κ2) is 34.2. The Morgan fingerprint density at radius 2 is 0.712 bits per heavy atom. The van der Waals surface area contributed by atoms with Crippen LogP contribution in [0.5, 0.6) is 0 Å². The van der Waals surface area contributed by atoms with E-state index < -0.39 is 0 Å². The Bertz CT molecular complexity index is 6220. The summed E-state index contributed by atoms with van der Waals surface area (Å²) in [6.07, 6.45) is 7.12. The number of carbonyl (C=O) groups excluding carboxylic acids is 1. The van der Waals surface area contributed by atoms with Crippen LogP contribution in [0, 0.1) is 31.2 Å². The van der Waals surface area contributed by atoms with Gasteiger partial charge in [0.1, 0.15) is 0 Å². The number of hydrogen-bond donors (Lipinski definition) is 1. The first kappa shape index (κ1) is 74.7. The maximum absolute atomic E-state index is 8.40. The number of pyridine rings is 4. The van der Waals surface area contributed by atoms with Crippen LogP contribution in [0.25, 0.3) is 164 Å². The van der Waals surface area contributed by atoms with Gasteiger partial charge in [-0.2, -0.15) is 0 Å². The summed E-state index contributed by atoms with van der Waals surface area (Å²) >= 11 is 0. The third kappa shape index (κ3) is 16.2. The zero-order valence-electron chi connectivity index (χ0n) is 56.7. The molecule has 0 spiro atoms. The molecule has 0 bridgehead atoms. The van der Waals surface area contributed by atoms with Crippen molar-refractivity contribution < 1.29 is 90.3 Å². The summed E-state index contributed by atoms with van der Waals surface area (Å²) in [5.41, 5.74) is 10.3. The van der Waals surface area contributed by atoms with Gasteiger partial charge in [-0.25, -0.2) is 0 Å². The third-order valence-corrected chi connectivity index (χ3v) is 18.1. The number of aliphatic hydroxyl groups excluding tert-OH is 1. The third-order valence-electron chi connectivity index (χ3n) is 18.1. The van der Waals surface area contributed by atoms with Crippen molar-refractivity contribution in [3.63, 3.8) is 0 Å². The van der Waals surface area contributed by atoms with Gasteiger partial charge in [0.15, 0.2) is 0 Å². The molecule has 0 saturated heterocycles. The van der Waals surface area contributed by atoms with E-state index in [2.05, 4.69) is 265 Å². The number of fused-ring (bicyclic) bond motifs is 18. The van der Waals surface area contributed by atoms with Crippen LogP contribution < -0.4 is 0 Å². The Hall–Kier alpha value is -10.4. The minimum absolute atomic E-state index is 0. The van der Waals surface area contributed by atoms with Crippen molar-refractivity contribution in [2.24, 2.45) is 0 Å². The Balaban J connectivity index is 0.000000133. The zero-order chi connectivity index (χ0) is 67.9. The minimum Gasteiger partial charge on any atom is -0.512 e. The number of rotatable bonds is 5. The van der Waals surface area contributed by atoms with E-state index in [0.29, 0.717) is 0 Å². The maximum Gasteiger partial charge on any atom is 0.316 e. The first-order valence-corrected chi connectivity index (χ1v) is 33.3. The first-order valence-electron chi connectivity index (χ1n) is 33.3. The molecule has 4 heterocycles. The summed E-state index contributed by atoms with van der Waals surface area (Å²) in [5.74, 6) is 0.250. The number of aliphatic hydroxyl groups is 1. The fraction of sp³-hybridized carbons (Fsp3) is 0.0319. The molecule has 19 rings (SSSR count). The molecule has 0 aliphatic carbocycles. The molecule has 0 unspecified atom stereocenters. The fourth-order valence-electron chi connectivity index (χ4n) is 13.4. The Kier molecular flexibility index (Phi) is 24.6. The maximum atomic E-state index is 8.40. The molecule has 0 aliphatic heterocycles. The molecular formula is C94H65Ir4N4O2-3. The summed E-state index contributed by atoms with van der Waals surface area (Å²) in [5, 5.41) is 34.7. The normalized spacial score (nSPS) is 10.9. The van der Waals surface area contributed by atoms with Gasteiger partial charge in [-0.15, -0.1) is 144 Å². The smallest absolute Gasteiger partial charge is 0.316 e. The summed E-state index contributed by atoms with van der Waals surface area (Å²) in [7, 11) is 0. The molecule has 4 aromatic heterocycles. The molecule has 512 valence electrons. The van der Waals surface area contributed by atoms with Crippen molar-refractivity contribution in [3.8, 4) is 45.0 Å². The predicted molar refractivity (Wildman–Crippen MR) is 420 cm³/mol. The van der Waals surface area contributed by atoms with E-state index in [4.69, 9.17) is 14.9 Å². The summed E-state index contributed by atoms with van der Waals surface area (Å²) < 4.78 is 0. The Morgan fingerprint density at radius 3 is 1.24 bits per heavy atom. The van der Waals surface area contributed by atoms with E-state index in [1.54, 1.807) is 0 Å². The second-order valence-electron chi connectivity index (χ2n) is 24.8. The van der Waals surface area contributed by atoms with Crippen LogP contribution in [-0.2, 0) is 80.4 Å². The largest absolute Gasteiger partial charge is 0.512 e. The topological polar surface area (TPSA) is 93.2 Å². The predicted octanol–water partition coefficient (Wildman–Crippen LogP) is 24.2. The monoisotopic (exact) mass is 2050 g/mol. The van der Waals surface area contributed by atoms with Gasteiger partial charge in [0.25, 0.3) is 0 Å². The van der Waals surface area contributed by atoms with Crippen LogP contribution in [0.2, 0.25) is 0 Å². The first-order chi connectivity index (χ1) is 49.1. The number of aryl methyl sites for hydroxylation is 1. The molecule has 19 aromatic rings. The number of allylic oxidation sites excluding steroid dienone is 2. The van der Waals surface area contributed by atoms with Crippen molar-refractivity contribution >= 4 is 124 Å². The van der Waals surface area contributed by atoms with Crippen LogP contribution in [0.1, 0.15) is 19.4 Å². The molecule has 2 N–H and O–H groups in total. The van der Waals surface area contributed by atoms with Crippen molar-refractivity contribution in [1.29, 1.82) is 0 Å². The van der Waals surface area contributed by atoms with Crippen LogP contribution in [0.3, 0.4) is 0 Å². The summed E-state index contributed by atoms with van der Waals surface area (Å²) in [6.45, 7) is 5.12. The molecule has 104 heavy (non-hydrogen) atoms. The Morgan fingerprint density at radius 1 is 0.317 bits per heavy atom. The van der Waals surface area contributed by atoms with Crippen LogP contribution >= 0.6 is 0 Å². The van der Waals surface area contributed by atoms with Crippen molar-refractivity contribution in [2.45, 2.75) is 20.8 Å². The van der Waals surface area contributed by atoms with E-state index in [-0.39, 0.29) is 92.0 Å². The Labute approximate surface area is 658 Å². The van der Waals surface area contributed by atoms with E-state index in [1.165, 1.54) is 133 Å². The molecule has 6 nitrogen and oxygen atoms in total. The quantitative estimate of drug-likeness (QED) is 0.0609. The fourth-order valence-corrected chi connectivity index (χ4v) is 13.4. The van der Waals surface area contributed by atoms with Gasteiger partial charge in [-0.1, -0.05) is 200 Å². The van der Waals surface area contributed by atoms with Gasteiger partial charge in [0, 0.05) is 110 Å². The zero-order valence-corrected chi connectivity index (χ0v) is 66.3. The molecule has 0 atom stereocenters. The number of aromatic nitrogens is 4. The van der Waals surface area contributed by atoms with Gasteiger partial charge in [-0.05, 0) is 151 Å². The van der Waals surface area contributed by atoms with Crippen LogP contribution in [-0.4, -0.2) is 35.6 Å². The van der Waals surface area contributed by atoms with E-state index >= 15 is 0 Å². The van der Waals surface area contributed by atoms with Crippen molar-refractivity contribution in [2.75, 3.05) is 0 Å². The average Bonchev–Trinajstić information content (AvgIpc) is 0.765. The standard InChI is InChI=1S/3C23H14N.C20H14N.C5H8O2.4Ir/c1-2-7-17(8-3-1)23-14-22-18(15-24-23)11-13-20-19-9-5-4-6-16(19)10-12-21(20)22;1-2-7-17(8-3-1)23-14-18-11-13-20-19-9-5-4-6-16(19)10-12-21(20)22(18)15-24-23;1-2-7-17(8-3-1)23-22-13-12-19-18-9-5-4-6-16(18)10-11-20(19)21(22)14-15-24-23;1-14-7-8-15-9-11-20-17(18(15)13-14)10-12-19(21-20)16-5-3-2-4-6-16;1-4(6)3-5(2)7;;;;/h3*1-7,9-15H;2-5,7-13H,1H3;3,6H,1-2H3;;;;/q4*-1;;;;;/p+1. The van der Waals surface area contributed by atoms with Gasteiger partial charge >= 0.3 is 5.78 Å². The molecule has 10 heteroatoms. The molecule has 0 saturated carbocycles. The van der Waals surface area contributed by atoms with Crippen molar-refractivity contribution in [1.82, 2.24) is 19.9 Å². The van der Waals surface area contributed by atoms with Crippen LogP contribution in [0.15, 0.2) is 334 Å². The van der Waals surface area contributed by atoms with Gasteiger partial charge < -0.3 is 20.1 Å². The summed E-state index contributed by atoms with van der Waals surface area (Å²) in [6, 6.07) is 118. The molecule has 0 fully saturated rings. The van der Waals surface area contributed by atoms with Crippen molar-refractivity contribution in [3.05, 3.63) is 364 Å². The molecule has 15 aromatic carbocycles. The van der Waals surface area contributed by atoms with E-state index in [0.717, 1.165) is 55.9 Å². The number of ketones is 1. The van der Waals surface area contributed by atoms with Gasteiger partial charge in [0.2, 0.25) is 0 Å². The van der Waals surface area contributed by atoms with Gasteiger partial charge in [0.05, 0.1) is 24.3 Å². The number of hydrogen-bond acceptors (Lipinski definition) is 5. The molecular weight excluding hydrogens is 1990 g/mol. The minimum atomic E-state index is 0.